The molecule has 0 aromatic heterocycles. The van der Waals surface area contributed by atoms with E-state index in [1.807, 2.05) is 74.5 Å². The minimum Gasteiger partial charge on any atom is -0.467 e. The molecule has 80 heavy (non-hydrogen) atoms. The summed E-state index contributed by atoms with van der Waals surface area (Å²) < 4.78 is 20.4. The van der Waals surface area contributed by atoms with Crippen LogP contribution in [0.2, 0.25) is 0 Å². The van der Waals surface area contributed by atoms with Crippen molar-refractivity contribution in [2.75, 3.05) is 66.8 Å². The van der Waals surface area contributed by atoms with Gasteiger partial charge in [-0.05, 0) is 49.7 Å². The van der Waals surface area contributed by atoms with Crippen LogP contribution in [0.25, 0.3) is 0 Å². The number of esters is 2. The Labute approximate surface area is 470 Å². The molecule has 2 saturated heterocycles. The number of nitrogens with zero attached hydrogens (tertiary/aromatic N) is 2. The molecule has 2 heterocycles. The summed E-state index contributed by atoms with van der Waals surface area (Å²) in [5.74, 6) is -4.77. The number of carbonyl (C=O) groups is 9. The summed E-state index contributed by atoms with van der Waals surface area (Å²) in [7, 11) is 2.45. The lowest BCUT2D eigenvalue weighted by Gasteiger charge is -2.40. The summed E-state index contributed by atoms with van der Waals surface area (Å²) in [6.45, 7) is 7.46. The van der Waals surface area contributed by atoms with E-state index >= 15 is 0 Å². The minimum atomic E-state index is -1.60. The normalized spacial score (nSPS) is 18.6. The number of unbranched alkanes of at least 4 members (excludes halogenated alkanes) is 2. The molecule has 0 unspecified atom stereocenters. The molecule has 2 aromatic carbocycles. The van der Waals surface area contributed by atoms with Gasteiger partial charge in [0.15, 0.2) is 6.10 Å². The van der Waals surface area contributed by atoms with Gasteiger partial charge in [0, 0.05) is 39.0 Å². The lowest BCUT2D eigenvalue weighted by Crippen LogP contribution is -2.65. The van der Waals surface area contributed by atoms with Crippen molar-refractivity contribution in [3.63, 3.8) is 0 Å². The van der Waals surface area contributed by atoms with E-state index in [0.29, 0.717) is 97.6 Å². The first kappa shape index (κ1) is 64.2. The lowest BCUT2D eigenvalue weighted by molar-refractivity contribution is -0.147. The number of aliphatic hydroxyl groups excluding tert-OH is 1. The zero-order chi connectivity index (χ0) is 57.9. The van der Waals surface area contributed by atoms with Crippen molar-refractivity contribution in [1.29, 1.82) is 0 Å². The van der Waals surface area contributed by atoms with E-state index in [9.17, 15) is 48.3 Å². The first-order valence-electron chi connectivity index (χ1n) is 28.6. The predicted molar refractivity (Wildman–Crippen MR) is 296 cm³/mol. The largest absolute Gasteiger partial charge is 0.467 e. The van der Waals surface area contributed by atoms with Crippen LogP contribution in [0.1, 0.15) is 128 Å². The predicted octanol–water partition coefficient (Wildman–Crippen LogP) is 3.54. The summed E-state index contributed by atoms with van der Waals surface area (Å²) >= 11 is 0. The number of hydrogen-bond donors (Lipinski definition) is 7. The molecule has 2 aliphatic carbocycles. The van der Waals surface area contributed by atoms with Crippen LogP contribution in [-0.4, -0.2) is 176 Å². The Morgan fingerprint density at radius 2 is 0.963 bits per heavy atom. The summed E-state index contributed by atoms with van der Waals surface area (Å²) in [5, 5.41) is 27.9. The van der Waals surface area contributed by atoms with Gasteiger partial charge < -0.3 is 65.8 Å². The fourth-order valence-electron chi connectivity index (χ4n) is 10.4. The van der Waals surface area contributed by atoms with E-state index < -0.39 is 82.7 Å². The number of hydrogen-bond acceptors (Lipinski definition) is 14. The Bertz CT molecular complexity index is 2320. The van der Waals surface area contributed by atoms with Crippen molar-refractivity contribution in [3.8, 4) is 0 Å². The van der Waals surface area contributed by atoms with Crippen molar-refractivity contribution < 1.29 is 67.2 Å². The molecular formula is C58H86N8O14. The number of ether oxygens (including phenoxy) is 4. The SMILES string of the molecule is CCCC[C@H](NC(=O)C1(NC(=O)N2CCOCC2)CCCCC1)C(=O)C(=O)N[C@@H](Cc1ccccc1)C(=O)OC.CCCC[C@H](NC(=O)C1(NC(=O)N2CCOCC2)CCCCC1)[C@H](O)C(=O)N[C@@H](Cc1ccccc1)C(=O)OC. The second-order valence-electron chi connectivity index (χ2n) is 21.1. The molecule has 4 fully saturated rings. The Hall–Kier alpha value is -6.65. The van der Waals surface area contributed by atoms with Gasteiger partial charge >= 0.3 is 24.0 Å². The number of carbonyl (C=O) groups excluding carboxylic acids is 9. The molecule has 2 aliphatic heterocycles. The van der Waals surface area contributed by atoms with Crippen molar-refractivity contribution in [2.24, 2.45) is 0 Å². The smallest absolute Gasteiger partial charge is 0.328 e. The van der Waals surface area contributed by atoms with E-state index in [0.717, 1.165) is 62.5 Å². The summed E-state index contributed by atoms with van der Waals surface area (Å²) in [6, 6.07) is 13.5. The molecule has 0 radical (unpaired) electrons. The maximum Gasteiger partial charge on any atom is 0.328 e. The molecular weight excluding hydrogens is 1030 g/mol. The first-order valence-corrected chi connectivity index (χ1v) is 28.6. The molecule has 442 valence electrons. The van der Waals surface area contributed by atoms with Crippen LogP contribution < -0.4 is 31.9 Å². The number of amides is 8. The van der Waals surface area contributed by atoms with Crippen LogP contribution in [0.3, 0.4) is 0 Å². The fourth-order valence-corrected chi connectivity index (χ4v) is 10.4. The van der Waals surface area contributed by atoms with Crippen molar-refractivity contribution in [2.45, 2.75) is 171 Å². The highest BCUT2D eigenvalue weighted by Crippen LogP contribution is 2.31. The molecule has 0 bridgehead atoms. The number of methoxy groups -OCH3 is 2. The van der Waals surface area contributed by atoms with Crippen LogP contribution in [0.5, 0.6) is 0 Å². The quantitative estimate of drug-likeness (QED) is 0.0585. The zero-order valence-electron chi connectivity index (χ0n) is 47.2. The van der Waals surface area contributed by atoms with Gasteiger partial charge in [-0.1, -0.05) is 139 Å². The van der Waals surface area contributed by atoms with Crippen LogP contribution >= 0.6 is 0 Å². The first-order chi connectivity index (χ1) is 38.6. The van der Waals surface area contributed by atoms with Gasteiger partial charge in [0.1, 0.15) is 23.2 Å². The summed E-state index contributed by atoms with van der Waals surface area (Å²) in [5.41, 5.74) is -0.692. The average Bonchev–Trinajstić information content (AvgIpc) is 3.49. The Morgan fingerprint density at radius 3 is 1.39 bits per heavy atom. The average molecular weight is 1120 g/mol. The number of ketones is 1. The molecule has 6 rings (SSSR count). The third-order valence-corrected chi connectivity index (χ3v) is 15.3. The third-order valence-electron chi connectivity index (χ3n) is 15.3. The van der Waals surface area contributed by atoms with Gasteiger partial charge in [-0.25, -0.2) is 19.2 Å². The Morgan fingerprint density at radius 1 is 0.550 bits per heavy atom. The monoisotopic (exact) mass is 1120 g/mol. The Balaban J connectivity index is 0.000000294. The lowest BCUT2D eigenvalue weighted by atomic mass is 9.80. The van der Waals surface area contributed by atoms with Gasteiger partial charge in [-0.15, -0.1) is 0 Å². The maximum absolute atomic E-state index is 13.8. The highest BCUT2D eigenvalue weighted by Gasteiger charge is 2.46. The number of urea groups is 2. The van der Waals surface area contributed by atoms with Crippen LogP contribution in [0.4, 0.5) is 9.59 Å². The van der Waals surface area contributed by atoms with E-state index in [1.54, 1.807) is 9.80 Å². The van der Waals surface area contributed by atoms with E-state index in [-0.39, 0.29) is 31.3 Å². The maximum atomic E-state index is 13.8. The number of aliphatic hydroxyl groups is 1. The third kappa shape index (κ3) is 19.3. The van der Waals surface area contributed by atoms with E-state index in [2.05, 4.69) is 31.9 Å². The second kappa shape index (κ2) is 33.2. The molecule has 5 atom stereocenters. The molecule has 2 aromatic rings. The van der Waals surface area contributed by atoms with Gasteiger partial charge in [0.2, 0.25) is 17.6 Å². The molecule has 22 nitrogen and oxygen atoms in total. The van der Waals surface area contributed by atoms with Crippen LogP contribution in [0.15, 0.2) is 60.7 Å². The van der Waals surface area contributed by atoms with Crippen LogP contribution in [0, 0.1) is 0 Å². The molecule has 0 spiro atoms. The van der Waals surface area contributed by atoms with Crippen LogP contribution in [-0.2, 0) is 65.4 Å². The summed E-state index contributed by atoms with van der Waals surface area (Å²) in [6.07, 6.45) is 8.94. The van der Waals surface area contributed by atoms with Crippen molar-refractivity contribution >= 4 is 53.4 Å². The minimum absolute atomic E-state index is 0.148. The second-order valence-corrected chi connectivity index (χ2v) is 21.1. The van der Waals surface area contributed by atoms with E-state index in [4.69, 9.17) is 18.9 Å². The molecule has 22 heteroatoms. The highest BCUT2D eigenvalue weighted by molar-refractivity contribution is 6.38. The number of morpholine rings is 2. The highest BCUT2D eigenvalue weighted by atomic mass is 16.5. The number of Topliss-reactive ketones (excluding diaryl/α,β-unsaturated/α-hetero) is 1. The summed E-state index contributed by atoms with van der Waals surface area (Å²) in [4.78, 5) is 121. The fraction of sp³-hybridized carbons (Fsp3) is 0.638. The van der Waals surface area contributed by atoms with Gasteiger partial charge in [-0.2, -0.15) is 0 Å². The molecule has 4 aliphatic rings. The van der Waals surface area contributed by atoms with Gasteiger partial charge in [0.05, 0.1) is 52.7 Å². The van der Waals surface area contributed by atoms with Gasteiger partial charge in [0.25, 0.3) is 11.8 Å². The Kier molecular flexibility index (Phi) is 26.6. The van der Waals surface area contributed by atoms with Gasteiger partial charge in [-0.3, -0.25) is 24.0 Å². The molecule has 7 N–H and O–H groups in total. The molecule has 2 saturated carbocycles. The van der Waals surface area contributed by atoms with E-state index in [1.165, 1.54) is 14.2 Å². The number of rotatable bonds is 24. The standard InChI is InChI=1S/C29H44N4O7.C29H42N4O7/c2*1-3-4-13-22(24(34)25(35)30-23(26(36)39-2)20-21-11-7-5-8-12-21)31-27(37)29(14-9-6-10-15-29)32-28(38)33-16-18-40-19-17-33/h5,7-8,11-12,22-24,34H,3-4,6,9-10,13-20H2,1-2H3,(H,30,35)(H,31,37)(H,32,38);5,7-8,11-12,22-23H,3-4,6,9-10,13-20H2,1-2H3,(H,30,35)(H,31,37)(H,32,38)/t22-,23-,24-;22-,23-/m00/s1. The molecule has 8 amide bonds. The number of nitrogens with one attached hydrogen (secondary N) is 6. The van der Waals surface area contributed by atoms with Crippen molar-refractivity contribution in [1.82, 2.24) is 41.7 Å². The zero-order valence-corrected chi connectivity index (χ0v) is 47.2. The van der Waals surface area contributed by atoms with Crippen molar-refractivity contribution in [3.05, 3.63) is 71.8 Å². The topological polar surface area (TPSA) is 289 Å². The number of benzene rings is 2.